The summed E-state index contributed by atoms with van der Waals surface area (Å²) in [6, 6.07) is 7.56. The highest BCUT2D eigenvalue weighted by molar-refractivity contribution is 5.95. The van der Waals surface area contributed by atoms with E-state index in [2.05, 4.69) is 20.6 Å². The van der Waals surface area contributed by atoms with E-state index in [9.17, 15) is 4.79 Å². The van der Waals surface area contributed by atoms with Crippen molar-refractivity contribution in [3.05, 3.63) is 41.6 Å². The zero-order valence-electron chi connectivity index (χ0n) is 13.5. The molecule has 23 heavy (non-hydrogen) atoms. The predicted octanol–water partition coefficient (Wildman–Crippen LogP) is 2.81. The number of hydrogen-bond acceptors (Lipinski definition) is 5. The second-order valence-corrected chi connectivity index (χ2v) is 5.68. The molecule has 0 bridgehead atoms. The molecule has 0 radical (unpaired) electrons. The third-order valence-corrected chi connectivity index (χ3v) is 3.96. The van der Waals surface area contributed by atoms with Crippen molar-refractivity contribution in [2.24, 2.45) is 0 Å². The Morgan fingerprint density at radius 3 is 2.78 bits per heavy atom. The van der Waals surface area contributed by atoms with E-state index in [1.807, 2.05) is 36.1 Å². The molecular weight excluding hydrogens is 290 g/mol. The molecule has 0 atom stereocenters. The van der Waals surface area contributed by atoms with Gasteiger partial charge in [-0.1, -0.05) is 6.07 Å². The molecule has 0 saturated carbocycles. The zero-order valence-corrected chi connectivity index (χ0v) is 13.5. The van der Waals surface area contributed by atoms with Crippen LogP contribution in [0.5, 0.6) is 0 Å². The van der Waals surface area contributed by atoms with Crippen LogP contribution in [0.4, 0.5) is 17.5 Å². The maximum atomic E-state index is 12.5. The highest BCUT2D eigenvalue weighted by Crippen LogP contribution is 2.21. The molecule has 1 aromatic heterocycles. The van der Waals surface area contributed by atoms with E-state index in [0.717, 1.165) is 43.0 Å². The topological polar surface area (TPSA) is 70.2 Å². The number of likely N-dealkylation sites (tertiary alicyclic amines) is 1. The lowest BCUT2D eigenvalue weighted by atomic mass is 10.1. The van der Waals surface area contributed by atoms with Gasteiger partial charge >= 0.3 is 0 Å². The Morgan fingerprint density at radius 2 is 2.04 bits per heavy atom. The van der Waals surface area contributed by atoms with Crippen LogP contribution in [0.2, 0.25) is 0 Å². The number of nitrogens with zero attached hydrogens (tertiary/aromatic N) is 3. The SMILES string of the molecule is CNc1ncc(C)c(Nc2cccc(C(=O)N3CCCC3)c2)n1. The van der Waals surface area contributed by atoms with Gasteiger partial charge in [-0.25, -0.2) is 4.98 Å². The van der Waals surface area contributed by atoms with Crippen LogP contribution >= 0.6 is 0 Å². The summed E-state index contributed by atoms with van der Waals surface area (Å²) in [5, 5.41) is 6.19. The van der Waals surface area contributed by atoms with Crippen LogP contribution in [0, 0.1) is 6.92 Å². The summed E-state index contributed by atoms with van der Waals surface area (Å²) in [5.74, 6) is 1.39. The van der Waals surface area contributed by atoms with Crippen molar-refractivity contribution in [3.8, 4) is 0 Å². The van der Waals surface area contributed by atoms with Crippen molar-refractivity contribution in [1.29, 1.82) is 0 Å². The normalized spacial score (nSPS) is 13.9. The molecule has 2 N–H and O–H groups in total. The Hall–Kier alpha value is -2.63. The molecule has 1 aromatic carbocycles. The highest BCUT2D eigenvalue weighted by Gasteiger charge is 2.19. The van der Waals surface area contributed by atoms with Crippen molar-refractivity contribution >= 4 is 23.4 Å². The fraction of sp³-hybridized carbons (Fsp3) is 0.353. The lowest BCUT2D eigenvalue weighted by molar-refractivity contribution is 0.0793. The number of rotatable bonds is 4. The fourth-order valence-electron chi connectivity index (χ4n) is 2.66. The molecule has 1 amide bonds. The van der Waals surface area contributed by atoms with Crippen LogP contribution in [0.15, 0.2) is 30.5 Å². The van der Waals surface area contributed by atoms with Gasteiger partial charge in [-0.3, -0.25) is 4.79 Å². The highest BCUT2D eigenvalue weighted by atomic mass is 16.2. The van der Waals surface area contributed by atoms with Crippen LogP contribution in [0.1, 0.15) is 28.8 Å². The van der Waals surface area contributed by atoms with E-state index < -0.39 is 0 Å². The molecule has 2 aromatic rings. The quantitative estimate of drug-likeness (QED) is 0.908. The summed E-state index contributed by atoms with van der Waals surface area (Å²) in [6.45, 7) is 3.65. The van der Waals surface area contributed by atoms with Crippen molar-refractivity contribution in [2.75, 3.05) is 30.8 Å². The molecule has 6 heteroatoms. The Kier molecular flexibility index (Phi) is 4.41. The largest absolute Gasteiger partial charge is 0.357 e. The van der Waals surface area contributed by atoms with Crippen molar-refractivity contribution in [1.82, 2.24) is 14.9 Å². The molecule has 0 spiro atoms. The Morgan fingerprint density at radius 1 is 1.26 bits per heavy atom. The number of benzene rings is 1. The van der Waals surface area contributed by atoms with Crippen molar-refractivity contribution in [3.63, 3.8) is 0 Å². The average molecular weight is 311 g/mol. The van der Waals surface area contributed by atoms with Gasteiger partial charge in [0.15, 0.2) is 0 Å². The van der Waals surface area contributed by atoms with Crippen LogP contribution in [-0.2, 0) is 0 Å². The summed E-state index contributed by atoms with van der Waals surface area (Å²) < 4.78 is 0. The van der Waals surface area contributed by atoms with Gasteiger partial charge in [0, 0.05) is 43.1 Å². The molecule has 1 fully saturated rings. The van der Waals surface area contributed by atoms with Gasteiger partial charge in [0.05, 0.1) is 0 Å². The van der Waals surface area contributed by atoms with E-state index in [0.29, 0.717) is 11.5 Å². The first kappa shape index (κ1) is 15.3. The molecule has 6 nitrogen and oxygen atoms in total. The van der Waals surface area contributed by atoms with E-state index >= 15 is 0 Å². The summed E-state index contributed by atoms with van der Waals surface area (Å²) >= 11 is 0. The van der Waals surface area contributed by atoms with E-state index in [4.69, 9.17) is 0 Å². The number of aromatic nitrogens is 2. The van der Waals surface area contributed by atoms with Gasteiger partial charge in [-0.05, 0) is 38.0 Å². The number of hydrogen-bond donors (Lipinski definition) is 2. The monoisotopic (exact) mass is 311 g/mol. The number of anilines is 3. The van der Waals surface area contributed by atoms with Gasteiger partial charge in [0.1, 0.15) is 5.82 Å². The molecule has 1 aliphatic heterocycles. The number of carbonyl (C=O) groups excluding carboxylic acids is 1. The third-order valence-electron chi connectivity index (χ3n) is 3.96. The minimum absolute atomic E-state index is 0.0986. The standard InChI is InChI=1S/C17H21N5O/c1-12-11-19-17(18-2)21-15(12)20-14-7-5-6-13(10-14)16(23)22-8-3-4-9-22/h5-7,10-11H,3-4,8-9H2,1-2H3,(H2,18,19,20,21). The van der Waals surface area contributed by atoms with Crippen LogP contribution < -0.4 is 10.6 Å². The lowest BCUT2D eigenvalue weighted by Crippen LogP contribution is -2.27. The van der Waals surface area contributed by atoms with Crippen LogP contribution in [0.3, 0.4) is 0 Å². The number of carbonyl (C=O) groups is 1. The first-order valence-corrected chi connectivity index (χ1v) is 7.85. The van der Waals surface area contributed by atoms with Gasteiger partial charge in [0.25, 0.3) is 5.91 Å². The van der Waals surface area contributed by atoms with Gasteiger partial charge in [-0.2, -0.15) is 4.98 Å². The van der Waals surface area contributed by atoms with E-state index in [1.54, 1.807) is 13.2 Å². The molecule has 1 saturated heterocycles. The number of aryl methyl sites for hydroxylation is 1. The minimum atomic E-state index is 0.0986. The molecule has 2 heterocycles. The van der Waals surface area contributed by atoms with Gasteiger partial charge in [0.2, 0.25) is 5.95 Å². The van der Waals surface area contributed by atoms with Crippen LogP contribution in [-0.4, -0.2) is 40.9 Å². The van der Waals surface area contributed by atoms with E-state index in [1.165, 1.54) is 0 Å². The second kappa shape index (κ2) is 6.64. The number of nitrogens with one attached hydrogen (secondary N) is 2. The van der Waals surface area contributed by atoms with E-state index in [-0.39, 0.29) is 5.91 Å². The summed E-state index contributed by atoms with van der Waals surface area (Å²) in [5.41, 5.74) is 2.50. The Balaban J connectivity index is 1.81. The average Bonchev–Trinajstić information content (AvgIpc) is 3.11. The van der Waals surface area contributed by atoms with Crippen LogP contribution in [0.25, 0.3) is 0 Å². The molecule has 3 rings (SSSR count). The van der Waals surface area contributed by atoms with Crippen molar-refractivity contribution in [2.45, 2.75) is 19.8 Å². The Bertz CT molecular complexity index is 710. The zero-order chi connectivity index (χ0) is 16.2. The molecule has 120 valence electrons. The molecule has 0 unspecified atom stereocenters. The molecule has 0 aliphatic carbocycles. The van der Waals surface area contributed by atoms with Crippen molar-refractivity contribution < 1.29 is 4.79 Å². The summed E-state index contributed by atoms with van der Waals surface area (Å²) in [7, 11) is 1.78. The fourth-order valence-corrected chi connectivity index (χ4v) is 2.66. The number of amides is 1. The smallest absolute Gasteiger partial charge is 0.253 e. The minimum Gasteiger partial charge on any atom is -0.357 e. The maximum Gasteiger partial charge on any atom is 0.253 e. The van der Waals surface area contributed by atoms with Gasteiger partial charge in [-0.15, -0.1) is 0 Å². The molecule has 1 aliphatic rings. The lowest BCUT2D eigenvalue weighted by Gasteiger charge is -2.16. The summed E-state index contributed by atoms with van der Waals surface area (Å²) in [4.78, 5) is 23.0. The maximum absolute atomic E-state index is 12.5. The Labute approximate surface area is 135 Å². The third kappa shape index (κ3) is 3.41. The van der Waals surface area contributed by atoms with Gasteiger partial charge < -0.3 is 15.5 Å². The first-order valence-electron chi connectivity index (χ1n) is 7.85. The first-order chi connectivity index (χ1) is 11.2. The molecular formula is C17H21N5O. The summed E-state index contributed by atoms with van der Waals surface area (Å²) in [6.07, 6.45) is 3.95. The predicted molar refractivity (Wildman–Crippen MR) is 91.2 cm³/mol. The second-order valence-electron chi connectivity index (χ2n) is 5.68.